The molecule has 17 heavy (non-hydrogen) atoms. The van der Waals surface area contributed by atoms with Crippen LogP contribution in [0.25, 0.3) is 0 Å². The van der Waals surface area contributed by atoms with Gasteiger partial charge in [0, 0.05) is 25.4 Å². The second kappa shape index (κ2) is 6.20. The van der Waals surface area contributed by atoms with Gasteiger partial charge in [0.2, 0.25) is 0 Å². The number of aromatic nitrogens is 2. The Bertz CT molecular complexity index is 330. The predicted octanol–water partition coefficient (Wildman–Crippen LogP) is 2.47. The van der Waals surface area contributed by atoms with Crippen LogP contribution in [-0.2, 0) is 13.0 Å². The maximum atomic E-state index is 4.52. The van der Waals surface area contributed by atoms with Crippen molar-refractivity contribution in [2.45, 2.75) is 45.6 Å². The Balaban J connectivity index is 2.00. The van der Waals surface area contributed by atoms with Gasteiger partial charge in [-0.1, -0.05) is 12.8 Å². The molecule has 3 nitrogen and oxygen atoms in total. The lowest BCUT2D eigenvalue weighted by molar-refractivity contribution is 0.228. The van der Waals surface area contributed by atoms with Crippen molar-refractivity contribution in [1.82, 2.24) is 14.9 Å². The van der Waals surface area contributed by atoms with Crippen LogP contribution in [0.5, 0.6) is 0 Å². The molecule has 96 valence electrons. The Morgan fingerprint density at radius 3 is 2.82 bits per heavy atom. The number of hydrogen-bond acceptors (Lipinski definition) is 2. The Morgan fingerprint density at radius 2 is 2.12 bits per heavy atom. The minimum absolute atomic E-state index is 0.823. The van der Waals surface area contributed by atoms with Gasteiger partial charge in [-0.3, -0.25) is 0 Å². The van der Waals surface area contributed by atoms with Gasteiger partial charge < -0.3 is 9.88 Å². The maximum Gasteiger partial charge on any atom is 0.108 e. The quantitative estimate of drug-likeness (QED) is 0.849. The highest BCUT2D eigenvalue weighted by molar-refractivity contribution is 4.95. The summed E-state index contributed by atoms with van der Waals surface area (Å²) in [6.07, 6.45) is 10.8. The second-order valence-electron chi connectivity index (χ2n) is 5.20. The smallest absolute Gasteiger partial charge is 0.108 e. The summed E-state index contributed by atoms with van der Waals surface area (Å²) in [4.78, 5) is 4.52. The third-order valence-corrected chi connectivity index (χ3v) is 4.12. The molecule has 3 heteroatoms. The molecule has 1 aromatic rings. The Labute approximate surface area is 105 Å². The first kappa shape index (κ1) is 12.6. The lowest BCUT2D eigenvalue weighted by atomic mass is 9.77. The standard InChI is InChI=1S/C14H25N3/c1-3-17-9-8-16-14(17)10-12-6-4-5-7-13(12)11-15-2/h8-9,12-13,15H,3-7,10-11H2,1-2H3. The largest absolute Gasteiger partial charge is 0.335 e. The summed E-state index contributed by atoms with van der Waals surface area (Å²) in [5.74, 6) is 2.94. The molecular weight excluding hydrogens is 210 g/mol. The van der Waals surface area contributed by atoms with Crippen LogP contribution < -0.4 is 5.32 Å². The summed E-state index contributed by atoms with van der Waals surface area (Å²) in [6, 6.07) is 0. The first-order valence-electron chi connectivity index (χ1n) is 6.99. The van der Waals surface area contributed by atoms with Crippen molar-refractivity contribution in [2.75, 3.05) is 13.6 Å². The highest BCUT2D eigenvalue weighted by atomic mass is 15.1. The first-order valence-corrected chi connectivity index (χ1v) is 6.99. The summed E-state index contributed by atoms with van der Waals surface area (Å²) in [5.41, 5.74) is 0. The van der Waals surface area contributed by atoms with Crippen molar-refractivity contribution in [3.05, 3.63) is 18.2 Å². The number of hydrogen-bond donors (Lipinski definition) is 1. The zero-order chi connectivity index (χ0) is 12.1. The number of rotatable bonds is 5. The molecule has 1 aliphatic rings. The normalized spacial score (nSPS) is 25.1. The second-order valence-corrected chi connectivity index (χ2v) is 5.20. The fourth-order valence-electron chi connectivity index (χ4n) is 3.14. The van der Waals surface area contributed by atoms with Crippen molar-refractivity contribution in [3.8, 4) is 0 Å². The van der Waals surface area contributed by atoms with Crippen molar-refractivity contribution in [3.63, 3.8) is 0 Å². The van der Waals surface area contributed by atoms with Gasteiger partial charge in [-0.25, -0.2) is 4.98 Å². The fourth-order valence-corrected chi connectivity index (χ4v) is 3.14. The molecule has 0 radical (unpaired) electrons. The Hall–Kier alpha value is -0.830. The molecule has 1 heterocycles. The molecule has 2 atom stereocenters. The summed E-state index contributed by atoms with van der Waals surface area (Å²) >= 11 is 0. The van der Waals surface area contributed by atoms with Gasteiger partial charge in [-0.15, -0.1) is 0 Å². The molecule has 1 aromatic heterocycles. The van der Waals surface area contributed by atoms with Gasteiger partial charge in [0.15, 0.2) is 0 Å². The van der Waals surface area contributed by atoms with Gasteiger partial charge in [0.1, 0.15) is 5.82 Å². The van der Waals surface area contributed by atoms with Crippen molar-refractivity contribution >= 4 is 0 Å². The average molecular weight is 235 g/mol. The van der Waals surface area contributed by atoms with Gasteiger partial charge in [-0.2, -0.15) is 0 Å². The number of aryl methyl sites for hydroxylation is 1. The lowest BCUT2D eigenvalue weighted by Crippen LogP contribution is -2.30. The van der Waals surface area contributed by atoms with E-state index in [0.717, 1.165) is 31.3 Å². The van der Waals surface area contributed by atoms with Gasteiger partial charge in [0.25, 0.3) is 0 Å². The molecule has 2 unspecified atom stereocenters. The van der Waals surface area contributed by atoms with Crippen LogP contribution in [-0.4, -0.2) is 23.1 Å². The summed E-state index contributed by atoms with van der Waals surface area (Å²) < 4.78 is 2.28. The van der Waals surface area contributed by atoms with Crippen LogP contribution in [0.1, 0.15) is 38.4 Å². The maximum absolute atomic E-state index is 4.52. The number of nitrogens with zero attached hydrogens (tertiary/aromatic N) is 2. The molecule has 0 aliphatic heterocycles. The summed E-state index contributed by atoms with van der Waals surface area (Å²) in [7, 11) is 2.07. The van der Waals surface area contributed by atoms with E-state index in [4.69, 9.17) is 0 Å². The fraction of sp³-hybridized carbons (Fsp3) is 0.786. The number of imidazole rings is 1. The van der Waals surface area contributed by atoms with Gasteiger partial charge >= 0.3 is 0 Å². The number of nitrogens with one attached hydrogen (secondary N) is 1. The van der Waals surface area contributed by atoms with Gasteiger partial charge in [-0.05, 0) is 45.2 Å². The van der Waals surface area contributed by atoms with Crippen molar-refractivity contribution in [1.29, 1.82) is 0 Å². The molecule has 0 bridgehead atoms. The van der Waals surface area contributed by atoms with E-state index in [2.05, 4.69) is 35.0 Å². The Kier molecular flexibility index (Phi) is 4.60. The van der Waals surface area contributed by atoms with Crippen LogP contribution in [0.3, 0.4) is 0 Å². The van der Waals surface area contributed by atoms with Crippen LogP contribution >= 0.6 is 0 Å². The van der Waals surface area contributed by atoms with Crippen LogP contribution in [0.2, 0.25) is 0 Å². The minimum Gasteiger partial charge on any atom is -0.335 e. The van der Waals surface area contributed by atoms with E-state index in [1.807, 2.05) is 6.20 Å². The molecule has 1 saturated carbocycles. The van der Waals surface area contributed by atoms with E-state index in [1.54, 1.807) is 0 Å². The zero-order valence-corrected chi connectivity index (χ0v) is 11.2. The predicted molar refractivity (Wildman–Crippen MR) is 71.0 cm³/mol. The van der Waals surface area contributed by atoms with E-state index in [-0.39, 0.29) is 0 Å². The van der Waals surface area contributed by atoms with E-state index in [1.165, 1.54) is 31.5 Å². The van der Waals surface area contributed by atoms with Crippen molar-refractivity contribution < 1.29 is 0 Å². The molecule has 1 aliphatic carbocycles. The van der Waals surface area contributed by atoms with E-state index >= 15 is 0 Å². The molecule has 1 N–H and O–H groups in total. The third kappa shape index (κ3) is 3.09. The van der Waals surface area contributed by atoms with Crippen LogP contribution in [0, 0.1) is 11.8 Å². The Morgan fingerprint density at radius 1 is 1.35 bits per heavy atom. The van der Waals surface area contributed by atoms with Crippen LogP contribution in [0.15, 0.2) is 12.4 Å². The van der Waals surface area contributed by atoms with Gasteiger partial charge in [0.05, 0.1) is 0 Å². The molecule has 0 spiro atoms. The highest BCUT2D eigenvalue weighted by Gasteiger charge is 2.25. The first-order chi connectivity index (χ1) is 8.35. The molecule has 0 saturated heterocycles. The van der Waals surface area contributed by atoms with Crippen molar-refractivity contribution in [2.24, 2.45) is 11.8 Å². The molecule has 1 fully saturated rings. The monoisotopic (exact) mass is 235 g/mol. The zero-order valence-electron chi connectivity index (χ0n) is 11.2. The summed E-state index contributed by atoms with van der Waals surface area (Å²) in [5, 5.41) is 3.35. The topological polar surface area (TPSA) is 29.9 Å². The molecule has 2 rings (SSSR count). The SMILES string of the molecule is CCn1ccnc1CC1CCCCC1CNC. The lowest BCUT2D eigenvalue weighted by Gasteiger charge is -2.31. The summed E-state index contributed by atoms with van der Waals surface area (Å²) in [6.45, 7) is 4.40. The van der Waals surface area contributed by atoms with E-state index in [0.29, 0.717) is 0 Å². The average Bonchev–Trinajstić information content (AvgIpc) is 2.79. The molecule has 0 aromatic carbocycles. The minimum atomic E-state index is 0.823. The van der Waals surface area contributed by atoms with Crippen LogP contribution in [0.4, 0.5) is 0 Å². The molecular formula is C14H25N3. The van der Waals surface area contributed by atoms with E-state index < -0.39 is 0 Å². The molecule has 0 amide bonds. The highest BCUT2D eigenvalue weighted by Crippen LogP contribution is 2.31. The third-order valence-electron chi connectivity index (χ3n) is 4.12. The van der Waals surface area contributed by atoms with E-state index in [9.17, 15) is 0 Å².